The average molecular weight is 725 g/mol. The van der Waals surface area contributed by atoms with Crippen LogP contribution in [0.1, 0.15) is 116 Å². The molecule has 4 aliphatic carbocycles. The van der Waals surface area contributed by atoms with Gasteiger partial charge in [-0.05, 0) is 159 Å². The molecule has 2 amide bonds. The normalized spacial score (nSPS) is 40.7. The van der Waals surface area contributed by atoms with Crippen LogP contribution >= 0.6 is 0 Å². The number of aromatic nitrogens is 2. The van der Waals surface area contributed by atoms with Crippen LogP contribution in [-0.4, -0.2) is 55.7 Å². The van der Waals surface area contributed by atoms with Crippen molar-refractivity contribution in [3.63, 3.8) is 0 Å². The van der Waals surface area contributed by atoms with E-state index in [1.165, 1.54) is 73.6 Å². The first-order chi connectivity index (χ1) is 26.1. The Morgan fingerprint density at radius 1 is 0.593 bits per heavy atom. The number of amides is 2. The molecule has 0 unspecified atom stereocenters. The van der Waals surface area contributed by atoms with Crippen molar-refractivity contribution in [3.05, 3.63) is 96.6 Å². The van der Waals surface area contributed by atoms with Gasteiger partial charge in [-0.3, -0.25) is 19.6 Å². The lowest BCUT2D eigenvalue weighted by Crippen LogP contribution is -2.62. The van der Waals surface area contributed by atoms with Crippen LogP contribution in [0.3, 0.4) is 0 Å². The number of hydrogen-bond acceptors (Lipinski definition) is 4. The van der Waals surface area contributed by atoms with E-state index in [0.29, 0.717) is 48.3 Å². The number of carbonyl (C=O) groups is 2. The van der Waals surface area contributed by atoms with Crippen LogP contribution in [0.5, 0.6) is 0 Å². The molecule has 0 radical (unpaired) electrons. The topological polar surface area (TPSA) is 66.4 Å². The predicted octanol–water partition coefficient (Wildman–Crippen LogP) is 9.72. The first-order valence-corrected chi connectivity index (χ1v) is 21.2. The lowest BCUT2D eigenvalue weighted by molar-refractivity contribution is -0.150. The highest BCUT2D eigenvalue weighted by Gasteiger charge is 2.59. The highest BCUT2D eigenvalue weighted by molar-refractivity contribution is 5.80. The third kappa shape index (κ3) is 5.46. The van der Waals surface area contributed by atoms with Crippen LogP contribution in [0.25, 0.3) is 11.1 Å². The molecular formula is C48H60N4O2. The lowest BCUT2D eigenvalue weighted by Gasteiger charge is -2.59. The molecular weight excluding hydrogens is 665 g/mol. The van der Waals surface area contributed by atoms with Crippen molar-refractivity contribution >= 4 is 23.0 Å². The zero-order valence-corrected chi connectivity index (χ0v) is 33.1. The molecule has 4 fully saturated rings. The molecule has 0 aromatic carbocycles. The van der Waals surface area contributed by atoms with E-state index in [2.05, 4.69) is 108 Å². The van der Waals surface area contributed by atoms with Gasteiger partial charge < -0.3 is 9.80 Å². The van der Waals surface area contributed by atoms with Gasteiger partial charge >= 0.3 is 0 Å². The van der Waals surface area contributed by atoms with Gasteiger partial charge in [0.25, 0.3) is 0 Å². The van der Waals surface area contributed by atoms with Crippen molar-refractivity contribution in [2.24, 2.45) is 46.3 Å². The molecule has 6 heterocycles. The fraction of sp³-hybridized carbons (Fsp3) is 0.583. The number of piperidine rings is 2. The molecule has 10 atom stereocenters. The van der Waals surface area contributed by atoms with Gasteiger partial charge in [0.1, 0.15) is 0 Å². The Bertz CT molecular complexity index is 1760. The second kappa shape index (κ2) is 13.4. The van der Waals surface area contributed by atoms with Crippen molar-refractivity contribution in [3.8, 4) is 0 Å². The Balaban J connectivity index is 0.000000142. The summed E-state index contributed by atoms with van der Waals surface area (Å²) >= 11 is 0. The Morgan fingerprint density at radius 3 is 1.44 bits per heavy atom. The maximum Gasteiger partial charge on any atom is 0.226 e. The molecule has 6 heteroatoms. The second-order valence-electron chi connectivity index (χ2n) is 19.0. The SMILES string of the molecule is C[C@]12CC[C@H]3[C@@H](CCN4C(=O)CC=CC[C@]34C)[C@@H]1CC=C2c1cccnc1.C[C@]12CC[C@H]3[C@@H](CCN4C(=O)CC=CC[C@]34C)[C@@H]1CC=C2c1cccnc1. The van der Waals surface area contributed by atoms with Gasteiger partial charge in [-0.25, -0.2) is 0 Å². The van der Waals surface area contributed by atoms with Crippen molar-refractivity contribution in [2.45, 2.75) is 116 Å². The Labute approximate surface area is 323 Å². The summed E-state index contributed by atoms with van der Waals surface area (Å²) in [5, 5.41) is 0. The first-order valence-electron chi connectivity index (χ1n) is 21.2. The molecule has 2 aromatic heterocycles. The van der Waals surface area contributed by atoms with E-state index < -0.39 is 0 Å². The summed E-state index contributed by atoms with van der Waals surface area (Å²) in [6.07, 6.45) is 34.3. The van der Waals surface area contributed by atoms with Crippen molar-refractivity contribution in [2.75, 3.05) is 13.1 Å². The van der Waals surface area contributed by atoms with Crippen LogP contribution in [0.15, 0.2) is 85.5 Å². The number of carbonyl (C=O) groups excluding carboxylic acids is 2. The van der Waals surface area contributed by atoms with Gasteiger partial charge in [-0.15, -0.1) is 0 Å². The molecule has 2 saturated carbocycles. The summed E-state index contributed by atoms with van der Waals surface area (Å²) in [5.74, 6) is 4.75. The predicted molar refractivity (Wildman–Crippen MR) is 216 cm³/mol. The number of pyridine rings is 2. The number of allylic oxidation sites excluding steroid dienone is 4. The summed E-state index contributed by atoms with van der Waals surface area (Å²) in [7, 11) is 0. The number of nitrogens with zero attached hydrogens (tertiary/aromatic N) is 4. The summed E-state index contributed by atoms with van der Waals surface area (Å²) in [6, 6.07) is 8.55. The summed E-state index contributed by atoms with van der Waals surface area (Å²) in [4.78, 5) is 38.6. The van der Waals surface area contributed by atoms with Crippen molar-refractivity contribution in [1.29, 1.82) is 0 Å². The molecule has 0 spiro atoms. The van der Waals surface area contributed by atoms with Crippen LogP contribution < -0.4 is 0 Å². The fourth-order valence-corrected chi connectivity index (χ4v) is 14.0. The maximum atomic E-state index is 12.7. The Kier molecular flexibility index (Phi) is 8.93. The Morgan fingerprint density at radius 2 is 1.04 bits per heavy atom. The van der Waals surface area contributed by atoms with E-state index in [1.807, 2.05) is 24.8 Å². The summed E-state index contributed by atoms with van der Waals surface area (Å²) in [6.45, 7) is 11.6. The van der Waals surface area contributed by atoms with Crippen LogP contribution in [-0.2, 0) is 9.59 Å². The minimum Gasteiger partial charge on any atom is -0.336 e. The van der Waals surface area contributed by atoms with Gasteiger partial charge in [0, 0.05) is 61.8 Å². The number of fused-ring (bicyclic) bond motifs is 10. The monoisotopic (exact) mass is 724 g/mol. The largest absolute Gasteiger partial charge is 0.336 e. The lowest BCUT2D eigenvalue weighted by atomic mass is 9.52. The molecule has 0 N–H and O–H groups in total. The van der Waals surface area contributed by atoms with Gasteiger partial charge in [0.2, 0.25) is 11.8 Å². The average Bonchev–Trinajstić information content (AvgIpc) is 3.62. The van der Waals surface area contributed by atoms with Gasteiger partial charge in [0.05, 0.1) is 0 Å². The molecule has 2 saturated heterocycles. The zero-order chi connectivity index (χ0) is 37.3. The van der Waals surface area contributed by atoms with Gasteiger partial charge in [0.15, 0.2) is 0 Å². The highest BCUT2D eigenvalue weighted by atomic mass is 16.2. The second-order valence-corrected chi connectivity index (χ2v) is 19.0. The van der Waals surface area contributed by atoms with Gasteiger partial charge in [-0.2, -0.15) is 0 Å². The zero-order valence-electron chi connectivity index (χ0n) is 33.1. The van der Waals surface area contributed by atoms with Gasteiger partial charge in [-0.1, -0.05) is 62.4 Å². The minimum atomic E-state index is 0.00534. The van der Waals surface area contributed by atoms with Crippen molar-refractivity contribution in [1.82, 2.24) is 19.8 Å². The van der Waals surface area contributed by atoms with Crippen LogP contribution in [0.2, 0.25) is 0 Å². The molecule has 10 rings (SSSR count). The van der Waals surface area contributed by atoms with Crippen LogP contribution in [0, 0.1) is 46.3 Å². The number of hydrogen-bond donors (Lipinski definition) is 0. The molecule has 54 heavy (non-hydrogen) atoms. The third-order valence-electron chi connectivity index (χ3n) is 16.8. The quantitative estimate of drug-likeness (QED) is 0.290. The third-order valence-corrected chi connectivity index (χ3v) is 16.8. The molecule has 6 nitrogen and oxygen atoms in total. The van der Waals surface area contributed by atoms with E-state index >= 15 is 0 Å². The number of rotatable bonds is 2. The Hall–Kier alpha value is -3.80. The van der Waals surface area contributed by atoms with Crippen molar-refractivity contribution < 1.29 is 9.59 Å². The standard InChI is InChI=1S/2C24H30N2O/c2*1-23-13-10-21-18(11-15-26-22(27)7-3-4-12-24(21,26)2)20(23)9-8-19(23)17-6-5-14-25-16-17/h2*3-6,8,14,16,18,20-21H,7,9-13,15H2,1-2H3/t2*18-,20-,21-,23+,24+/m00/s1. The summed E-state index contributed by atoms with van der Waals surface area (Å²) in [5.41, 5.74) is 6.17. The molecule has 2 aromatic rings. The first kappa shape index (κ1) is 35.9. The molecule has 4 aliphatic heterocycles. The summed E-state index contributed by atoms with van der Waals surface area (Å²) < 4.78 is 0. The van der Waals surface area contributed by atoms with E-state index in [4.69, 9.17) is 0 Å². The van der Waals surface area contributed by atoms with E-state index in [1.54, 1.807) is 0 Å². The molecule has 284 valence electrons. The smallest absolute Gasteiger partial charge is 0.226 e. The van der Waals surface area contributed by atoms with Crippen LogP contribution in [0.4, 0.5) is 0 Å². The van der Waals surface area contributed by atoms with E-state index in [0.717, 1.165) is 37.8 Å². The van der Waals surface area contributed by atoms with E-state index in [9.17, 15) is 9.59 Å². The minimum absolute atomic E-state index is 0.00534. The highest BCUT2D eigenvalue weighted by Crippen LogP contribution is 2.65. The van der Waals surface area contributed by atoms with E-state index in [-0.39, 0.29) is 21.9 Å². The molecule has 8 aliphatic rings. The molecule has 0 bridgehead atoms. The maximum absolute atomic E-state index is 12.7. The fourth-order valence-electron chi connectivity index (χ4n) is 14.0.